The summed E-state index contributed by atoms with van der Waals surface area (Å²) in [5.41, 5.74) is 5.30. The van der Waals surface area contributed by atoms with Crippen molar-refractivity contribution in [2.24, 2.45) is 4.99 Å². The Morgan fingerprint density at radius 3 is 2.55 bits per heavy atom. The summed E-state index contributed by atoms with van der Waals surface area (Å²) < 4.78 is 5.75. The van der Waals surface area contributed by atoms with Crippen molar-refractivity contribution in [2.75, 3.05) is 19.0 Å². The Balaban J connectivity index is 2.04. The van der Waals surface area contributed by atoms with Gasteiger partial charge < -0.3 is 15.0 Å². The fourth-order valence-electron chi connectivity index (χ4n) is 2.59. The van der Waals surface area contributed by atoms with Crippen LogP contribution in [0.1, 0.15) is 33.3 Å². The van der Waals surface area contributed by atoms with Crippen molar-refractivity contribution in [3.63, 3.8) is 0 Å². The van der Waals surface area contributed by atoms with Gasteiger partial charge in [0.15, 0.2) is 0 Å². The monoisotopic (exact) mass is 389 g/mol. The van der Waals surface area contributed by atoms with Crippen LogP contribution in [0.2, 0.25) is 0 Å². The van der Waals surface area contributed by atoms with Crippen LogP contribution < -0.4 is 5.32 Å². The van der Waals surface area contributed by atoms with Crippen LogP contribution in [0.4, 0.5) is 5.82 Å². The first kappa shape index (κ1) is 22.0. The molecule has 0 aliphatic carbocycles. The van der Waals surface area contributed by atoms with Gasteiger partial charge in [0.05, 0.1) is 5.76 Å². The van der Waals surface area contributed by atoms with Gasteiger partial charge in [-0.1, -0.05) is 48.6 Å². The van der Waals surface area contributed by atoms with E-state index in [4.69, 9.17) is 4.74 Å². The molecule has 4 nitrogen and oxygen atoms in total. The lowest BCUT2D eigenvalue weighted by Gasteiger charge is -2.05. The molecule has 0 aliphatic heterocycles. The van der Waals surface area contributed by atoms with E-state index in [9.17, 15) is 0 Å². The Morgan fingerprint density at radius 2 is 1.86 bits per heavy atom. The second-order valence-electron chi connectivity index (χ2n) is 6.80. The number of anilines is 1. The maximum absolute atomic E-state index is 5.75. The number of nitrogens with zero attached hydrogens (tertiary/aromatic N) is 1. The molecule has 2 rings (SSSR count). The summed E-state index contributed by atoms with van der Waals surface area (Å²) in [6.45, 7) is 8.56. The second kappa shape index (κ2) is 11.5. The summed E-state index contributed by atoms with van der Waals surface area (Å²) >= 11 is 0. The first-order valence-corrected chi connectivity index (χ1v) is 9.80. The number of hydrogen-bond acceptors (Lipinski definition) is 3. The number of allylic oxidation sites excluding steroid dienone is 7. The average molecular weight is 390 g/mol. The molecule has 0 bridgehead atoms. The third-order valence-corrected chi connectivity index (χ3v) is 4.25. The van der Waals surface area contributed by atoms with Crippen molar-refractivity contribution >= 4 is 12.0 Å². The van der Waals surface area contributed by atoms with Crippen LogP contribution in [0, 0.1) is 0 Å². The van der Waals surface area contributed by atoms with E-state index in [1.54, 1.807) is 0 Å². The molecule has 2 aromatic rings. The molecule has 4 heteroatoms. The zero-order valence-corrected chi connectivity index (χ0v) is 18.0. The van der Waals surface area contributed by atoms with E-state index < -0.39 is 0 Å². The Labute approximate surface area is 174 Å². The molecule has 2 N–H and O–H groups in total. The van der Waals surface area contributed by atoms with Gasteiger partial charge in [-0.2, -0.15) is 0 Å². The van der Waals surface area contributed by atoms with Crippen molar-refractivity contribution in [1.29, 1.82) is 0 Å². The highest BCUT2D eigenvalue weighted by Gasteiger charge is 2.06. The lowest BCUT2D eigenvalue weighted by atomic mass is 10.1. The van der Waals surface area contributed by atoms with E-state index >= 15 is 0 Å². The molecular formula is C25H31N3O. The van der Waals surface area contributed by atoms with Crippen LogP contribution in [0.25, 0.3) is 11.3 Å². The number of aliphatic imine (C=N–C) groups is 1. The standard InChI is InChI=1S/C25H31N3O/c1-6-7-11-19(2)18-29-21(4)15-14-20(3)27-17-23-16-24(28-25(23)26-5)22-12-9-8-10-13-22/h6-17,26,28H,18H2,1-5H3/b7-6-,19-11+,20-14+,21-15+,27-17?. The van der Waals surface area contributed by atoms with Gasteiger partial charge in [-0.15, -0.1) is 0 Å². The molecule has 0 aliphatic rings. The lowest BCUT2D eigenvalue weighted by Crippen LogP contribution is -1.93. The average Bonchev–Trinajstić information content (AvgIpc) is 3.17. The predicted octanol–water partition coefficient (Wildman–Crippen LogP) is 6.49. The van der Waals surface area contributed by atoms with Crippen LogP contribution in [0.5, 0.6) is 0 Å². The molecular weight excluding hydrogens is 358 g/mol. The summed E-state index contributed by atoms with van der Waals surface area (Å²) in [5.74, 6) is 1.80. The van der Waals surface area contributed by atoms with Gasteiger partial charge in [0.25, 0.3) is 0 Å². The Hall–Kier alpha value is -3.27. The normalized spacial score (nSPS) is 13.5. The van der Waals surface area contributed by atoms with E-state index in [0.29, 0.717) is 6.61 Å². The summed E-state index contributed by atoms with van der Waals surface area (Å²) in [6, 6.07) is 12.3. The van der Waals surface area contributed by atoms with E-state index in [2.05, 4.69) is 46.5 Å². The first-order valence-electron chi connectivity index (χ1n) is 9.80. The van der Waals surface area contributed by atoms with Crippen LogP contribution >= 0.6 is 0 Å². The minimum atomic E-state index is 0.583. The molecule has 152 valence electrons. The van der Waals surface area contributed by atoms with Crippen molar-refractivity contribution in [1.82, 2.24) is 4.98 Å². The maximum atomic E-state index is 5.75. The van der Waals surface area contributed by atoms with Crippen molar-refractivity contribution in [3.8, 4) is 11.3 Å². The number of hydrogen-bond donors (Lipinski definition) is 2. The van der Waals surface area contributed by atoms with Crippen molar-refractivity contribution in [2.45, 2.75) is 27.7 Å². The largest absolute Gasteiger partial charge is 0.494 e. The molecule has 0 saturated heterocycles. The third kappa shape index (κ3) is 7.34. The van der Waals surface area contributed by atoms with Crippen molar-refractivity contribution in [3.05, 3.63) is 89.4 Å². The predicted molar refractivity (Wildman–Crippen MR) is 125 cm³/mol. The molecule has 29 heavy (non-hydrogen) atoms. The molecule has 1 aromatic carbocycles. The molecule has 1 aromatic heterocycles. The number of ether oxygens (including phenoxy) is 1. The number of aromatic nitrogens is 1. The quantitative estimate of drug-likeness (QED) is 0.292. The molecule has 0 fully saturated rings. The minimum absolute atomic E-state index is 0.583. The topological polar surface area (TPSA) is 49.4 Å². The highest BCUT2D eigenvalue weighted by molar-refractivity contribution is 5.90. The SMILES string of the molecule is C/C=C\C=C(/C)CO/C(C)=C/C=C(\C)N=Cc1cc(-c2ccccc2)[nH]c1NC. The van der Waals surface area contributed by atoms with Gasteiger partial charge in [-0.25, -0.2) is 0 Å². The van der Waals surface area contributed by atoms with Gasteiger partial charge in [0, 0.05) is 30.2 Å². The third-order valence-electron chi connectivity index (χ3n) is 4.25. The van der Waals surface area contributed by atoms with Crippen LogP contribution in [0.3, 0.4) is 0 Å². The number of nitrogens with one attached hydrogen (secondary N) is 2. The van der Waals surface area contributed by atoms with Gasteiger partial charge in [0.2, 0.25) is 0 Å². The summed E-state index contributed by atoms with van der Waals surface area (Å²) in [6.07, 6.45) is 11.8. The van der Waals surface area contributed by atoms with Crippen LogP contribution in [-0.4, -0.2) is 24.9 Å². The highest BCUT2D eigenvalue weighted by Crippen LogP contribution is 2.23. The lowest BCUT2D eigenvalue weighted by molar-refractivity contribution is 0.242. The van der Waals surface area contributed by atoms with Gasteiger partial charge in [-0.3, -0.25) is 4.99 Å². The van der Waals surface area contributed by atoms with E-state index in [0.717, 1.165) is 34.1 Å². The molecule has 0 atom stereocenters. The van der Waals surface area contributed by atoms with E-state index in [1.165, 1.54) is 5.57 Å². The molecule has 0 amide bonds. The number of aromatic amines is 1. The molecule has 0 saturated carbocycles. The van der Waals surface area contributed by atoms with E-state index in [1.807, 2.05) is 76.5 Å². The van der Waals surface area contributed by atoms with Crippen LogP contribution in [0.15, 0.2) is 88.8 Å². The van der Waals surface area contributed by atoms with Gasteiger partial charge in [-0.05, 0) is 57.0 Å². The Morgan fingerprint density at radius 1 is 1.10 bits per heavy atom. The Kier molecular flexibility index (Phi) is 8.77. The van der Waals surface area contributed by atoms with Gasteiger partial charge >= 0.3 is 0 Å². The fourth-order valence-corrected chi connectivity index (χ4v) is 2.59. The number of rotatable bonds is 9. The van der Waals surface area contributed by atoms with Crippen molar-refractivity contribution < 1.29 is 4.74 Å². The zero-order valence-electron chi connectivity index (χ0n) is 18.0. The Bertz CT molecular complexity index is 928. The first-order chi connectivity index (χ1) is 14.0. The second-order valence-corrected chi connectivity index (χ2v) is 6.80. The summed E-state index contributed by atoms with van der Waals surface area (Å²) in [5, 5.41) is 3.19. The van der Waals surface area contributed by atoms with Gasteiger partial charge in [0.1, 0.15) is 12.4 Å². The molecule has 0 radical (unpaired) electrons. The fraction of sp³-hybridized carbons (Fsp3) is 0.240. The summed E-state index contributed by atoms with van der Waals surface area (Å²) in [7, 11) is 1.90. The maximum Gasteiger partial charge on any atom is 0.112 e. The summed E-state index contributed by atoms with van der Waals surface area (Å²) in [4.78, 5) is 7.97. The smallest absolute Gasteiger partial charge is 0.112 e. The molecule has 1 heterocycles. The minimum Gasteiger partial charge on any atom is -0.494 e. The number of H-pyrrole nitrogens is 1. The van der Waals surface area contributed by atoms with Crippen LogP contribution in [-0.2, 0) is 4.74 Å². The zero-order chi connectivity index (χ0) is 21.1. The van der Waals surface area contributed by atoms with E-state index in [-0.39, 0.29) is 0 Å². The highest BCUT2D eigenvalue weighted by atomic mass is 16.5. The number of benzene rings is 1. The molecule has 0 unspecified atom stereocenters. The molecule has 0 spiro atoms.